The number of benzene rings is 1. The molecular formula is C16H15F3N2O5S. The SMILES string of the molecule is COC(=O)c1cccc(S(=O)(=O)NCc2cccnc2OCC(F)(F)F)c1. The van der Waals surface area contributed by atoms with Crippen molar-refractivity contribution in [2.24, 2.45) is 0 Å². The van der Waals surface area contributed by atoms with Crippen molar-refractivity contribution in [2.75, 3.05) is 13.7 Å². The molecule has 0 aliphatic carbocycles. The number of sulfonamides is 1. The van der Waals surface area contributed by atoms with E-state index < -0.39 is 28.8 Å². The van der Waals surface area contributed by atoms with Gasteiger partial charge in [-0.05, 0) is 24.3 Å². The average molecular weight is 404 g/mol. The minimum Gasteiger partial charge on any atom is -0.468 e. The van der Waals surface area contributed by atoms with Crippen LogP contribution in [0.3, 0.4) is 0 Å². The maximum absolute atomic E-state index is 12.4. The van der Waals surface area contributed by atoms with E-state index in [1.807, 2.05) is 0 Å². The molecule has 1 aromatic carbocycles. The molecule has 0 aliphatic heterocycles. The monoisotopic (exact) mass is 404 g/mol. The van der Waals surface area contributed by atoms with Gasteiger partial charge in [0.05, 0.1) is 17.6 Å². The molecule has 11 heteroatoms. The molecule has 2 aromatic rings. The lowest BCUT2D eigenvalue weighted by molar-refractivity contribution is -0.154. The summed E-state index contributed by atoms with van der Waals surface area (Å²) in [5, 5.41) is 0. The smallest absolute Gasteiger partial charge is 0.422 e. The van der Waals surface area contributed by atoms with E-state index in [4.69, 9.17) is 0 Å². The Morgan fingerprint density at radius 1 is 1.22 bits per heavy atom. The number of aromatic nitrogens is 1. The molecular weight excluding hydrogens is 389 g/mol. The zero-order chi connectivity index (χ0) is 20.1. The first-order valence-electron chi connectivity index (χ1n) is 7.44. The fourth-order valence-corrected chi connectivity index (χ4v) is 3.06. The van der Waals surface area contributed by atoms with Gasteiger partial charge in [-0.3, -0.25) is 0 Å². The van der Waals surface area contributed by atoms with Gasteiger partial charge in [0.15, 0.2) is 6.61 Å². The maximum Gasteiger partial charge on any atom is 0.422 e. The zero-order valence-corrected chi connectivity index (χ0v) is 14.8. The van der Waals surface area contributed by atoms with Crippen LogP contribution in [0.1, 0.15) is 15.9 Å². The van der Waals surface area contributed by atoms with Gasteiger partial charge >= 0.3 is 12.1 Å². The van der Waals surface area contributed by atoms with Gasteiger partial charge in [0.2, 0.25) is 15.9 Å². The van der Waals surface area contributed by atoms with Crippen molar-refractivity contribution in [1.82, 2.24) is 9.71 Å². The number of carbonyl (C=O) groups excluding carboxylic acids is 1. The Balaban J connectivity index is 2.15. The molecule has 0 unspecified atom stereocenters. The molecule has 0 radical (unpaired) electrons. The van der Waals surface area contributed by atoms with Gasteiger partial charge in [0.1, 0.15) is 0 Å². The Morgan fingerprint density at radius 2 is 1.96 bits per heavy atom. The first-order valence-corrected chi connectivity index (χ1v) is 8.92. The topological polar surface area (TPSA) is 94.6 Å². The van der Waals surface area contributed by atoms with E-state index in [-0.39, 0.29) is 28.4 Å². The van der Waals surface area contributed by atoms with Gasteiger partial charge in [-0.1, -0.05) is 12.1 Å². The summed E-state index contributed by atoms with van der Waals surface area (Å²) in [6.07, 6.45) is -3.33. The minimum atomic E-state index is -4.55. The number of pyridine rings is 1. The second-order valence-electron chi connectivity index (χ2n) is 5.22. The Morgan fingerprint density at radius 3 is 2.63 bits per heavy atom. The van der Waals surface area contributed by atoms with Gasteiger partial charge in [-0.2, -0.15) is 13.2 Å². The van der Waals surface area contributed by atoms with Crippen LogP contribution in [0.4, 0.5) is 13.2 Å². The summed E-state index contributed by atoms with van der Waals surface area (Å²) in [6.45, 7) is -1.91. The average Bonchev–Trinajstić information content (AvgIpc) is 2.64. The van der Waals surface area contributed by atoms with Gasteiger partial charge in [-0.25, -0.2) is 22.9 Å². The number of nitrogens with one attached hydrogen (secondary N) is 1. The summed E-state index contributed by atoms with van der Waals surface area (Å²) in [7, 11) is -2.89. The maximum atomic E-state index is 12.4. The summed E-state index contributed by atoms with van der Waals surface area (Å²) >= 11 is 0. The Labute approximate surface area is 153 Å². The van der Waals surface area contributed by atoms with Crippen molar-refractivity contribution in [1.29, 1.82) is 0 Å². The molecule has 0 bridgehead atoms. The molecule has 0 saturated heterocycles. The van der Waals surface area contributed by atoms with Crippen LogP contribution >= 0.6 is 0 Å². The molecule has 0 amide bonds. The summed E-state index contributed by atoms with van der Waals surface area (Å²) in [5.41, 5.74) is 0.158. The van der Waals surface area contributed by atoms with E-state index in [9.17, 15) is 26.4 Å². The van der Waals surface area contributed by atoms with E-state index in [1.54, 1.807) is 0 Å². The Kier molecular flexibility index (Phi) is 6.39. The van der Waals surface area contributed by atoms with Gasteiger partial charge < -0.3 is 9.47 Å². The first kappa shape index (κ1) is 20.6. The molecule has 146 valence electrons. The molecule has 1 N–H and O–H groups in total. The quantitative estimate of drug-likeness (QED) is 0.712. The number of ether oxygens (including phenoxy) is 2. The lowest BCUT2D eigenvalue weighted by atomic mass is 10.2. The predicted molar refractivity (Wildman–Crippen MR) is 87.6 cm³/mol. The van der Waals surface area contributed by atoms with Crippen molar-refractivity contribution >= 4 is 16.0 Å². The standard InChI is InChI=1S/C16H15F3N2O5S/c1-25-15(22)11-4-2-6-13(8-11)27(23,24)21-9-12-5-3-7-20-14(12)26-10-16(17,18)19/h2-8,21H,9-10H2,1H3. The molecule has 27 heavy (non-hydrogen) atoms. The predicted octanol–water partition coefficient (Wildman–Crippen LogP) is 2.29. The summed E-state index contributed by atoms with van der Waals surface area (Å²) in [5.74, 6) is -1.04. The fraction of sp³-hybridized carbons (Fsp3) is 0.250. The Hall–Kier alpha value is -2.66. The van der Waals surface area contributed by atoms with Crippen molar-refractivity contribution < 1.29 is 35.9 Å². The number of methoxy groups -OCH3 is 1. The molecule has 7 nitrogen and oxygen atoms in total. The van der Waals surface area contributed by atoms with Crippen LogP contribution in [0.25, 0.3) is 0 Å². The summed E-state index contributed by atoms with van der Waals surface area (Å²) in [6, 6.07) is 7.95. The van der Waals surface area contributed by atoms with Crippen LogP contribution < -0.4 is 9.46 Å². The second kappa shape index (κ2) is 8.35. The van der Waals surface area contributed by atoms with Crippen LogP contribution in [-0.2, 0) is 21.3 Å². The van der Waals surface area contributed by atoms with Crippen LogP contribution in [0.5, 0.6) is 5.88 Å². The van der Waals surface area contributed by atoms with Crippen molar-refractivity contribution in [3.63, 3.8) is 0 Å². The van der Waals surface area contributed by atoms with Crippen molar-refractivity contribution in [2.45, 2.75) is 17.6 Å². The van der Waals surface area contributed by atoms with Gasteiger partial charge in [0.25, 0.3) is 0 Å². The lowest BCUT2D eigenvalue weighted by Gasteiger charge is -2.13. The van der Waals surface area contributed by atoms with Crippen LogP contribution in [0, 0.1) is 0 Å². The minimum absolute atomic E-state index is 0.0379. The number of esters is 1. The van der Waals surface area contributed by atoms with E-state index in [1.165, 1.54) is 36.5 Å². The molecule has 1 heterocycles. The number of hydrogen-bond acceptors (Lipinski definition) is 6. The number of hydrogen-bond donors (Lipinski definition) is 1. The number of alkyl halides is 3. The van der Waals surface area contributed by atoms with E-state index in [2.05, 4.69) is 19.2 Å². The first-order chi connectivity index (χ1) is 12.6. The number of halogens is 3. The third-order valence-corrected chi connectivity index (χ3v) is 4.64. The number of carbonyl (C=O) groups is 1. The summed E-state index contributed by atoms with van der Waals surface area (Å²) in [4.78, 5) is 15.0. The largest absolute Gasteiger partial charge is 0.468 e. The van der Waals surface area contributed by atoms with Crippen molar-refractivity contribution in [3.05, 3.63) is 53.7 Å². The molecule has 2 rings (SSSR count). The highest BCUT2D eigenvalue weighted by Crippen LogP contribution is 2.20. The number of rotatable bonds is 7. The van der Waals surface area contributed by atoms with Gasteiger partial charge in [-0.15, -0.1) is 0 Å². The van der Waals surface area contributed by atoms with Gasteiger partial charge in [0, 0.05) is 18.3 Å². The molecule has 0 atom stereocenters. The van der Waals surface area contributed by atoms with Crippen LogP contribution in [-0.4, -0.2) is 39.3 Å². The second-order valence-corrected chi connectivity index (χ2v) is 6.98. The zero-order valence-electron chi connectivity index (χ0n) is 14.0. The van der Waals surface area contributed by atoms with Crippen LogP contribution in [0.2, 0.25) is 0 Å². The normalized spacial score (nSPS) is 11.9. The van der Waals surface area contributed by atoms with E-state index in [0.29, 0.717) is 0 Å². The molecule has 1 aromatic heterocycles. The highest BCUT2D eigenvalue weighted by Gasteiger charge is 2.29. The third kappa shape index (κ3) is 5.93. The molecule has 0 aliphatic rings. The molecule has 0 spiro atoms. The van der Waals surface area contributed by atoms with Crippen molar-refractivity contribution in [3.8, 4) is 5.88 Å². The fourth-order valence-electron chi connectivity index (χ4n) is 2.00. The molecule has 0 saturated carbocycles. The number of nitrogens with zero attached hydrogens (tertiary/aromatic N) is 1. The van der Waals surface area contributed by atoms with Crippen LogP contribution in [0.15, 0.2) is 47.5 Å². The molecule has 0 fully saturated rings. The lowest BCUT2D eigenvalue weighted by Crippen LogP contribution is -2.25. The van der Waals surface area contributed by atoms with E-state index in [0.717, 1.165) is 13.2 Å². The Bertz CT molecular complexity index is 916. The summed E-state index contributed by atoms with van der Waals surface area (Å²) < 4.78 is 73.1. The third-order valence-electron chi connectivity index (χ3n) is 3.24. The van der Waals surface area contributed by atoms with E-state index >= 15 is 0 Å². The highest BCUT2D eigenvalue weighted by molar-refractivity contribution is 7.89. The highest BCUT2D eigenvalue weighted by atomic mass is 32.2.